The average Bonchev–Trinajstić information content (AvgIpc) is 3.31. The minimum absolute atomic E-state index is 0.112. The Hall–Kier alpha value is -2.90. The fourth-order valence-corrected chi connectivity index (χ4v) is 3.14. The van der Waals surface area contributed by atoms with Gasteiger partial charge in [0.2, 0.25) is 5.91 Å². The van der Waals surface area contributed by atoms with Crippen LogP contribution in [0, 0.1) is 0 Å². The van der Waals surface area contributed by atoms with Crippen molar-refractivity contribution in [2.45, 2.75) is 32.4 Å². The largest absolute Gasteiger partial charge is 0.467 e. The van der Waals surface area contributed by atoms with Crippen molar-refractivity contribution in [3.63, 3.8) is 0 Å². The summed E-state index contributed by atoms with van der Waals surface area (Å²) in [7, 11) is 0. The molecule has 3 aromatic rings. The lowest BCUT2D eigenvalue weighted by Gasteiger charge is -2.27. The summed E-state index contributed by atoms with van der Waals surface area (Å²) < 4.78 is 6.82. The molecule has 130 valence electrons. The summed E-state index contributed by atoms with van der Waals surface area (Å²) >= 11 is 0. The maximum Gasteiger partial charge on any atom is 0.242 e. The lowest BCUT2D eigenvalue weighted by Crippen LogP contribution is -2.30. The minimum Gasteiger partial charge on any atom is -0.467 e. The van der Waals surface area contributed by atoms with E-state index in [9.17, 15) is 4.79 Å². The molecule has 0 bridgehead atoms. The predicted molar refractivity (Wildman–Crippen MR) is 91.9 cm³/mol. The Morgan fingerprint density at radius 1 is 1.24 bits per heavy atom. The van der Waals surface area contributed by atoms with Gasteiger partial charge in [0, 0.05) is 13.1 Å². The number of nitrogens with zero attached hydrogens (tertiary/aromatic N) is 5. The molecule has 1 fully saturated rings. The second kappa shape index (κ2) is 6.92. The molecule has 1 N–H and O–H groups in total. The topological polar surface area (TPSA) is 89.1 Å². The van der Waals surface area contributed by atoms with Crippen LogP contribution in [0.1, 0.15) is 25.0 Å². The lowest BCUT2D eigenvalue weighted by atomic mass is 10.1. The molecular formula is C17H20N6O2. The number of hydrogen-bond acceptors (Lipinski definition) is 6. The zero-order valence-electron chi connectivity index (χ0n) is 13.9. The van der Waals surface area contributed by atoms with Gasteiger partial charge in [0.15, 0.2) is 5.65 Å². The highest BCUT2D eigenvalue weighted by molar-refractivity contribution is 5.87. The molecule has 0 unspecified atom stereocenters. The number of rotatable bonds is 5. The van der Waals surface area contributed by atoms with Crippen LogP contribution in [0.15, 0.2) is 35.3 Å². The average molecular weight is 340 g/mol. The van der Waals surface area contributed by atoms with Gasteiger partial charge in [0.25, 0.3) is 0 Å². The van der Waals surface area contributed by atoms with Crippen molar-refractivity contribution >= 4 is 22.8 Å². The first-order valence-corrected chi connectivity index (χ1v) is 8.52. The summed E-state index contributed by atoms with van der Waals surface area (Å²) in [6.07, 6.45) is 8.50. The summed E-state index contributed by atoms with van der Waals surface area (Å²) in [5.74, 6) is 1.49. The Bertz CT molecular complexity index is 851. The van der Waals surface area contributed by atoms with E-state index in [1.165, 1.54) is 19.3 Å². The van der Waals surface area contributed by atoms with Gasteiger partial charge in [-0.2, -0.15) is 5.10 Å². The number of nitrogens with one attached hydrogen (secondary N) is 1. The Balaban J connectivity index is 1.49. The molecule has 3 aromatic heterocycles. The van der Waals surface area contributed by atoms with Crippen molar-refractivity contribution in [2.24, 2.45) is 0 Å². The predicted octanol–water partition coefficient (Wildman–Crippen LogP) is 1.73. The van der Waals surface area contributed by atoms with E-state index in [2.05, 4.69) is 25.3 Å². The zero-order valence-corrected chi connectivity index (χ0v) is 13.9. The molecule has 1 aliphatic heterocycles. The third kappa shape index (κ3) is 3.33. The zero-order chi connectivity index (χ0) is 17.1. The standard InChI is InChI=1S/C17H20N6O2/c24-15(18-9-13-5-4-8-25-13)11-23-17-14(10-21-23)16(19-12-20-17)22-6-2-1-3-7-22/h4-5,8,10,12H,1-3,6-7,9,11H2,(H,18,24). The van der Waals surface area contributed by atoms with E-state index in [1.807, 2.05) is 6.07 Å². The number of furan rings is 1. The van der Waals surface area contributed by atoms with Crippen LogP contribution in [-0.2, 0) is 17.9 Å². The van der Waals surface area contributed by atoms with E-state index in [1.54, 1.807) is 29.5 Å². The van der Waals surface area contributed by atoms with Gasteiger partial charge in [-0.05, 0) is 31.4 Å². The van der Waals surface area contributed by atoms with Gasteiger partial charge in [-0.25, -0.2) is 14.6 Å². The second-order valence-corrected chi connectivity index (χ2v) is 6.14. The molecule has 0 aliphatic carbocycles. The first-order chi connectivity index (χ1) is 12.3. The molecular weight excluding hydrogens is 320 g/mol. The second-order valence-electron chi connectivity index (χ2n) is 6.14. The third-order valence-corrected chi connectivity index (χ3v) is 4.40. The minimum atomic E-state index is -0.139. The van der Waals surface area contributed by atoms with Crippen LogP contribution in [-0.4, -0.2) is 38.7 Å². The Morgan fingerprint density at radius 3 is 2.92 bits per heavy atom. The normalized spacial score (nSPS) is 14.8. The molecule has 0 radical (unpaired) electrons. The van der Waals surface area contributed by atoms with Gasteiger partial charge < -0.3 is 14.6 Å². The van der Waals surface area contributed by atoms with Crippen molar-refractivity contribution in [2.75, 3.05) is 18.0 Å². The monoisotopic (exact) mass is 340 g/mol. The Kier molecular flexibility index (Phi) is 4.32. The number of aromatic nitrogens is 4. The third-order valence-electron chi connectivity index (χ3n) is 4.40. The van der Waals surface area contributed by atoms with Gasteiger partial charge in [0.05, 0.1) is 24.4 Å². The van der Waals surface area contributed by atoms with Gasteiger partial charge in [-0.1, -0.05) is 0 Å². The first kappa shape index (κ1) is 15.6. The summed E-state index contributed by atoms with van der Waals surface area (Å²) in [5, 5.41) is 8.05. The number of amides is 1. The molecule has 0 atom stereocenters. The van der Waals surface area contributed by atoms with E-state index in [-0.39, 0.29) is 12.5 Å². The lowest BCUT2D eigenvalue weighted by molar-refractivity contribution is -0.122. The van der Waals surface area contributed by atoms with Crippen molar-refractivity contribution in [3.8, 4) is 0 Å². The molecule has 0 saturated carbocycles. The van der Waals surface area contributed by atoms with Crippen molar-refractivity contribution in [3.05, 3.63) is 36.7 Å². The number of piperidine rings is 1. The molecule has 1 amide bonds. The highest BCUT2D eigenvalue weighted by Crippen LogP contribution is 2.25. The highest BCUT2D eigenvalue weighted by Gasteiger charge is 2.18. The van der Waals surface area contributed by atoms with Crippen LogP contribution >= 0.6 is 0 Å². The van der Waals surface area contributed by atoms with Crippen LogP contribution < -0.4 is 10.2 Å². The molecule has 25 heavy (non-hydrogen) atoms. The molecule has 8 heteroatoms. The fourth-order valence-electron chi connectivity index (χ4n) is 3.14. The maximum atomic E-state index is 12.2. The molecule has 1 aliphatic rings. The number of hydrogen-bond donors (Lipinski definition) is 1. The highest BCUT2D eigenvalue weighted by atomic mass is 16.3. The first-order valence-electron chi connectivity index (χ1n) is 8.52. The number of anilines is 1. The van der Waals surface area contributed by atoms with E-state index in [0.29, 0.717) is 18.0 Å². The Morgan fingerprint density at radius 2 is 2.12 bits per heavy atom. The van der Waals surface area contributed by atoms with Gasteiger partial charge >= 0.3 is 0 Å². The Labute approximate surface area is 144 Å². The molecule has 8 nitrogen and oxygen atoms in total. The van der Waals surface area contributed by atoms with Gasteiger partial charge in [-0.3, -0.25) is 4.79 Å². The molecule has 4 heterocycles. The van der Waals surface area contributed by atoms with Crippen molar-refractivity contribution in [1.29, 1.82) is 0 Å². The van der Waals surface area contributed by atoms with Crippen molar-refractivity contribution in [1.82, 2.24) is 25.1 Å². The van der Waals surface area contributed by atoms with E-state index >= 15 is 0 Å². The number of fused-ring (bicyclic) bond motifs is 1. The molecule has 4 rings (SSSR count). The fraction of sp³-hybridized carbons (Fsp3) is 0.412. The van der Waals surface area contributed by atoms with Crippen molar-refractivity contribution < 1.29 is 9.21 Å². The van der Waals surface area contributed by atoms with E-state index < -0.39 is 0 Å². The summed E-state index contributed by atoms with van der Waals surface area (Å²) in [6.45, 7) is 2.47. The SMILES string of the molecule is O=C(Cn1ncc2c(N3CCCCC3)ncnc21)NCc1ccco1. The summed E-state index contributed by atoms with van der Waals surface area (Å²) in [6, 6.07) is 3.61. The van der Waals surface area contributed by atoms with Gasteiger partial charge in [-0.15, -0.1) is 0 Å². The molecule has 0 aromatic carbocycles. The van der Waals surface area contributed by atoms with Crippen LogP contribution in [0.2, 0.25) is 0 Å². The van der Waals surface area contributed by atoms with Crippen LogP contribution in [0.4, 0.5) is 5.82 Å². The maximum absolute atomic E-state index is 12.2. The summed E-state index contributed by atoms with van der Waals surface area (Å²) in [4.78, 5) is 23.2. The quantitative estimate of drug-likeness (QED) is 0.761. The van der Waals surface area contributed by atoms with E-state index in [0.717, 1.165) is 24.3 Å². The number of carbonyl (C=O) groups is 1. The number of carbonyl (C=O) groups excluding carboxylic acids is 1. The molecule has 1 saturated heterocycles. The van der Waals surface area contributed by atoms with Crippen LogP contribution in [0.3, 0.4) is 0 Å². The molecule has 0 spiro atoms. The van der Waals surface area contributed by atoms with Crippen LogP contribution in [0.25, 0.3) is 11.0 Å². The van der Waals surface area contributed by atoms with E-state index in [4.69, 9.17) is 4.42 Å². The van der Waals surface area contributed by atoms with Crippen LogP contribution in [0.5, 0.6) is 0 Å². The smallest absolute Gasteiger partial charge is 0.242 e. The van der Waals surface area contributed by atoms with Gasteiger partial charge in [0.1, 0.15) is 24.5 Å². The summed E-state index contributed by atoms with van der Waals surface area (Å²) in [5.41, 5.74) is 0.684.